The van der Waals surface area contributed by atoms with Crippen LogP contribution in [0.1, 0.15) is 61.5 Å². The lowest BCUT2D eigenvalue weighted by molar-refractivity contribution is -0.115. The van der Waals surface area contributed by atoms with E-state index < -0.39 is 9.84 Å². The number of sulfone groups is 1. The molecule has 1 aliphatic rings. The average molecular weight is 498 g/mol. The van der Waals surface area contributed by atoms with Gasteiger partial charge in [-0.2, -0.15) is 0 Å². The topological polar surface area (TPSA) is 79.4 Å². The van der Waals surface area contributed by atoms with Gasteiger partial charge in [-0.15, -0.1) is 11.3 Å². The Bertz CT molecular complexity index is 1250. The number of hydrogen-bond acceptors (Lipinski definition) is 6. The van der Waals surface area contributed by atoms with Crippen molar-refractivity contribution in [2.75, 3.05) is 11.1 Å². The molecule has 0 radical (unpaired) electrons. The quantitative estimate of drug-likeness (QED) is 0.451. The largest absolute Gasteiger partial charge is 0.302 e. The number of nitrogens with zero attached hydrogens (tertiary/aromatic N) is 2. The number of carbonyl (C=O) groups is 1. The molecule has 6 nitrogen and oxygen atoms in total. The molecule has 34 heavy (non-hydrogen) atoms. The Kier molecular flexibility index (Phi) is 7.21. The Morgan fingerprint density at radius 3 is 2.41 bits per heavy atom. The van der Waals surface area contributed by atoms with Crippen LogP contribution in [0.4, 0.5) is 5.13 Å². The summed E-state index contributed by atoms with van der Waals surface area (Å²) in [6.45, 7) is 9.10. The van der Waals surface area contributed by atoms with Crippen molar-refractivity contribution in [2.45, 2.75) is 57.6 Å². The van der Waals surface area contributed by atoms with E-state index >= 15 is 0 Å². The van der Waals surface area contributed by atoms with Crippen molar-refractivity contribution in [3.63, 3.8) is 0 Å². The van der Waals surface area contributed by atoms with E-state index in [9.17, 15) is 13.2 Å². The van der Waals surface area contributed by atoms with Crippen molar-refractivity contribution in [1.82, 2.24) is 9.88 Å². The number of fused-ring (bicyclic) bond motifs is 1. The molecule has 0 fully saturated rings. The first-order chi connectivity index (χ1) is 16.2. The molecular formula is C26H31N3O3S2. The molecule has 0 saturated heterocycles. The highest BCUT2D eigenvalue weighted by molar-refractivity contribution is 7.91. The zero-order valence-corrected chi connectivity index (χ0v) is 21.6. The van der Waals surface area contributed by atoms with Crippen molar-refractivity contribution in [1.29, 1.82) is 0 Å². The molecule has 2 atom stereocenters. The first-order valence-corrected chi connectivity index (χ1v) is 14.1. The maximum Gasteiger partial charge on any atom is 0.230 e. The standard InChI is InChI=1S/C26H31N3O3S2/c1-5-34(31,32)21-13-11-19(12-14-21)15-23(30)27-26-28-24-22(33-26)16-29(25(24)17(2)3)18(4)20-9-7-6-8-10-20/h6-14,17-18,25H,5,15-16H2,1-4H3,(H,27,28,30)/t18-,25-/m1/s1. The van der Waals surface area contributed by atoms with Crippen LogP contribution in [0.25, 0.3) is 0 Å². The Morgan fingerprint density at radius 2 is 1.79 bits per heavy atom. The Labute approximate surface area is 206 Å². The van der Waals surface area contributed by atoms with Gasteiger partial charge < -0.3 is 5.32 Å². The van der Waals surface area contributed by atoms with E-state index in [0.29, 0.717) is 11.0 Å². The van der Waals surface area contributed by atoms with Gasteiger partial charge in [0.1, 0.15) is 0 Å². The SMILES string of the molecule is CCS(=O)(=O)c1ccc(CC(=O)Nc2nc3c(s2)CN([C@H](C)c2ccccc2)[C@@H]3C(C)C)cc1. The van der Waals surface area contributed by atoms with Crippen LogP contribution >= 0.6 is 11.3 Å². The van der Waals surface area contributed by atoms with Crippen LogP contribution in [0, 0.1) is 5.92 Å². The fourth-order valence-electron chi connectivity index (χ4n) is 4.51. The molecule has 180 valence electrons. The number of amides is 1. The molecule has 0 unspecified atom stereocenters. The summed E-state index contributed by atoms with van der Waals surface area (Å²) in [6, 6.07) is 17.5. The minimum atomic E-state index is -3.24. The van der Waals surface area contributed by atoms with E-state index in [1.54, 1.807) is 42.5 Å². The lowest BCUT2D eigenvalue weighted by Gasteiger charge is -2.33. The number of rotatable bonds is 8. The van der Waals surface area contributed by atoms with E-state index in [0.717, 1.165) is 17.8 Å². The predicted molar refractivity (Wildman–Crippen MR) is 137 cm³/mol. The van der Waals surface area contributed by atoms with Gasteiger partial charge in [-0.05, 0) is 36.1 Å². The Morgan fingerprint density at radius 1 is 1.12 bits per heavy atom. The molecule has 1 amide bonds. The van der Waals surface area contributed by atoms with Gasteiger partial charge in [0.25, 0.3) is 0 Å². The molecule has 0 saturated carbocycles. The van der Waals surface area contributed by atoms with Crippen LogP contribution < -0.4 is 5.32 Å². The monoisotopic (exact) mass is 497 g/mol. The van der Waals surface area contributed by atoms with Crippen LogP contribution in [0.5, 0.6) is 0 Å². The number of benzene rings is 2. The fraction of sp³-hybridized carbons (Fsp3) is 0.385. The van der Waals surface area contributed by atoms with Gasteiger partial charge in [-0.1, -0.05) is 63.2 Å². The van der Waals surface area contributed by atoms with Crippen LogP contribution in [-0.2, 0) is 27.6 Å². The third kappa shape index (κ3) is 5.09. The summed E-state index contributed by atoms with van der Waals surface area (Å²) >= 11 is 1.54. The summed E-state index contributed by atoms with van der Waals surface area (Å²) in [5, 5.41) is 3.57. The lowest BCUT2D eigenvalue weighted by atomic mass is 9.98. The first-order valence-electron chi connectivity index (χ1n) is 11.6. The number of aromatic nitrogens is 1. The molecule has 4 rings (SSSR count). The van der Waals surface area contributed by atoms with Gasteiger partial charge in [0.15, 0.2) is 15.0 Å². The van der Waals surface area contributed by atoms with Gasteiger partial charge in [0, 0.05) is 17.5 Å². The second kappa shape index (κ2) is 9.98. The van der Waals surface area contributed by atoms with E-state index in [1.807, 2.05) is 6.07 Å². The average Bonchev–Trinajstić information content (AvgIpc) is 3.36. The summed E-state index contributed by atoms with van der Waals surface area (Å²) in [5.41, 5.74) is 3.11. The van der Waals surface area contributed by atoms with Gasteiger partial charge in [0.2, 0.25) is 5.91 Å². The highest BCUT2D eigenvalue weighted by Gasteiger charge is 2.38. The molecular weight excluding hydrogens is 466 g/mol. The molecule has 2 aromatic carbocycles. The van der Waals surface area contributed by atoms with Crippen molar-refractivity contribution in [3.05, 3.63) is 76.3 Å². The van der Waals surface area contributed by atoms with Crippen molar-refractivity contribution in [3.8, 4) is 0 Å². The molecule has 8 heteroatoms. The molecule has 2 heterocycles. The highest BCUT2D eigenvalue weighted by atomic mass is 32.2. The van der Waals surface area contributed by atoms with Crippen molar-refractivity contribution < 1.29 is 13.2 Å². The predicted octanol–water partition coefficient (Wildman–Crippen LogP) is 5.39. The van der Waals surface area contributed by atoms with Gasteiger partial charge in [-0.25, -0.2) is 13.4 Å². The number of hydrogen-bond donors (Lipinski definition) is 1. The van der Waals surface area contributed by atoms with Crippen LogP contribution in [0.15, 0.2) is 59.5 Å². The van der Waals surface area contributed by atoms with Gasteiger partial charge >= 0.3 is 0 Å². The summed E-state index contributed by atoms with van der Waals surface area (Å²) in [4.78, 5) is 21.4. The number of anilines is 1. The summed E-state index contributed by atoms with van der Waals surface area (Å²) in [6.07, 6.45) is 0.168. The van der Waals surface area contributed by atoms with E-state index in [2.05, 4.69) is 55.3 Å². The van der Waals surface area contributed by atoms with E-state index in [4.69, 9.17) is 4.98 Å². The number of thiazole rings is 1. The van der Waals surface area contributed by atoms with Crippen LogP contribution in [-0.4, -0.2) is 30.0 Å². The Hall–Kier alpha value is -2.55. The normalized spacial score (nSPS) is 17.0. The zero-order valence-electron chi connectivity index (χ0n) is 20.0. The molecule has 3 aromatic rings. The van der Waals surface area contributed by atoms with Gasteiger partial charge in [-0.3, -0.25) is 9.69 Å². The van der Waals surface area contributed by atoms with Crippen molar-refractivity contribution >= 4 is 32.2 Å². The smallest absolute Gasteiger partial charge is 0.230 e. The third-order valence-corrected chi connectivity index (χ3v) is 9.10. The molecule has 1 aromatic heterocycles. The molecule has 1 N–H and O–H groups in total. The summed E-state index contributed by atoms with van der Waals surface area (Å²) < 4.78 is 23.9. The molecule has 0 spiro atoms. The molecule has 1 aliphatic heterocycles. The Balaban J connectivity index is 1.44. The molecule has 0 aliphatic carbocycles. The van der Waals surface area contributed by atoms with Crippen molar-refractivity contribution in [2.24, 2.45) is 5.92 Å². The van der Waals surface area contributed by atoms with Crippen LogP contribution in [0.3, 0.4) is 0 Å². The second-order valence-electron chi connectivity index (χ2n) is 9.05. The fourth-order valence-corrected chi connectivity index (χ4v) is 6.42. The van der Waals surface area contributed by atoms with Crippen LogP contribution in [0.2, 0.25) is 0 Å². The lowest BCUT2D eigenvalue weighted by Crippen LogP contribution is -2.29. The second-order valence-corrected chi connectivity index (χ2v) is 12.4. The third-order valence-electron chi connectivity index (χ3n) is 6.38. The summed E-state index contributed by atoms with van der Waals surface area (Å²) in [5.74, 6) is 0.283. The maximum atomic E-state index is 12.6. The van der Waals surface area contributed by atoms with Gasteiger partial charge in [0.05, 0.1) is 28.8 Å². The highest BCUT2D eigenvalue weighted by Crippen LogP contribution is 2.46. The van der Waals surface area contributed by atoms with E-state index in [1.165, 1.54) is 10.4 Å². The number of nitrogens with one attached hydrogen (secondary N) is 1. The molecule has 0 bridgehead atoms. The summed E-state index contributed by atoms with van der Waals surface area (Å²) in [7, 11) is -3.24. The first kappa shape index (κ1) is 24.6. The van der Waals surface area contributed by atoms with E-state index in [-0.39, 0.29) is 35.1 Å². The minimum Gasteiger partial charge on any atom is -0.302 e. The maximum absolute atomic E-state index is 12.6. The zero-order chi connectivity index (χ0) is 24.5. The minimum absolute atomic E-state index is 0.0560. The number of carbonyl (C=O) groups excluding carboxylic acids is 1.